The number of nitrogens with zero attached hydrogens (tertiary/aromatic N) is 3. The van der Waals surface area contributed by atoms with Gasteiger partial charge in [0.05, 0.1) is 12.3 Å². The van der Waals surface area contributed by atoms with Gasteiger partial charge in [-0.25, -0.2) is 14.3 Å². The molecule has 2 heterocycles. The molecule has 1 saturated heterocycles. The van der Waals surface area contributed by atoms with Gasteiger partial charge in [0.2, 0.25) is 0 Å². The van der Waals surface area contributed by atoms with Gasteiger partial charge in [0, 0.05) is 30.9 Å². The lowest BCUT2D eigenvalue weighted by Crippen LogP contribution is -2.47. The summed E-state index contributed by atoms with van der Waals surface area (Å²) < 4.78 is 12.0. The molecule has 1 N–H and O–H groups in total. The van der Waals surface area contributed by atoms with E-state index < -0.39 is 12.6 Å². The summed E-state index contributed by atoms with van der Waals surface area (Å²) in [7, 11) is 0. The van der Waals surface area contributed by atoms with E-state index in [1.807, 2.05) is 60.7 Å². The van der Waals surface area contributed by atoms with Crippen LogP contribution in [0.2, 0.25) is 0 Å². The minimum Gasteiger partial charge on any atom is -0.452 e. The van der Waals surface area contributed by atoms with Crippen LogP contribution in [0.5, 0.6) is 0 Å². The van der Waals surface area contributed by atoms with E-state index in [9.17, 15) is 14.4 Å². The second-order valence-electron chi connectivity index (χ2n) is 8.14. The fourth-order valence-corrected chi connectivity index (χ4v) is 3.94. The average molecular weight is 477 g/mol. The van der Waals surface area contributed by atoms with E-state index in [0.29, 0.717) is 38.2 Å². The number of likely N-dealkylation sites (tertiary alicyclic amines) is 1. The minimum atomic E-state index is -0.627. The van der Waals surface area contributed by atoms with Crippen molar-refractivity contribution in [1.82, 2.24) is 20.0 Å². The number of hydrogen-bond donors (Lipinski definition) is 1. The Hall–Kier alpha value is -4.14. The van der Waals surface area contributed by atoms with Crippen molar-refractivity contribution in [3.63, 3.8) is 0 Å². The van der Waals surface area contributed by atoms with Crippen LogP contribution in [-0.4, -0.2) is 65.0 Å². The van der Waals surface area contributed by atoms with Crippen LogP contribution in [0.4, 0.5) is 4.79 Å². The van der Waals surface area contributed by atoms with Gasteiger partial charge < -0.3 is 19.7 Å². The molecular formula is C26H28N4O5. The van der Waals surface area contributed by atoms with E-state index >= 15 is 0 Å². The number of esters is 1. The highest BCUT2D eigenvalue weighted by molar-refractivity contribution is 5.97. The molecule has 1 fully saturated rings. The largest absolute Gasteiger partial charge is 0.452 e. The van der Waals surface area contributed by atoms with Crippen molar-refractivity contribution in [2.75, 3.05) is 26.3 Å². The van der Waals surface area contributed by atoms with Crippen LogP contribution < -0.4 is 5.32 Å². The summed E-state index contributed by atoms with van der Waals surface area (Å²) >= 11 is 0. The van der Waals surface area contributed by atoms with Crippen LogP contribution in [0.15, 0.2) is 66.9 Å². The maximum absolute atomic E-state index is 12.9. The van der Waals surface area contributed by atoms with Gasteiger partial charge >= 0.3 is 12.1 Å². The summed E-state index contributed by atoms with van der Waals surface area (Å²) in [4.78, 5) is 38.8. The van der Waals surface area contributed by atoms with Crippen molar-refractivity contribution in [3.05, 3.63) is 72.4 Å². The molecule has 2 aromatic carbocycles. The number of ether oxygens (including phenoxy) is 2. The van der Waals surface area contributed by atoms with Gasteiger partial charge in [-0.05, 0) is 31.9 Å². The molecule has 0 spiro atoms. The predicted molar refractivity (Wildman–Crippen MR) is 129 cm³/mol. The first kappa shape index (κ1) is 24.0. The summed E-state index contributed by atoms with van der Waals surface area (Å²) in [6.45, 7) is 2.70. The molecule has 4 rings (SSSR count). The van der Waals surface area contributed by atoms with Crippen molar-refractivity contribution in [3.8, 4) is 16.9 Å². The molecule has 3 aromatic rings. The quantitative estimate of drug-likeness (QED) is 0.524. The van der Waals surface area contributed by atoms with Gasteiger partial charge in [-0.15, -0.1) is 0 Å². The molecule has 1 aliphatic rings. The molecule has 0 saturated carbocycles. The minimum absolute atomic E-state index is 0.0902. The predicted octanol–water partition coefficient (Wildman–Crippen LogP) is 3.43. The van der Waals surface area contributed by atoms with E-state index in [0.717, 1.165) is 11.3 Å². The first-order valence-corrected chi connectivity index (χ1v) is 11.6. The monoisotopic (exact) mass is 476 g/mol. The Labute approximate surface area is 203 Å². The van der Waals surface area contributed by atoms with E-state index in [1.54, 1.807) is 22.7 Å². The van der Waals surface area contributed by atoms with E-state index in [4.69, 9.17) is 9.47 Å². The van der Waals surface area contributed by atoms with E-state index in [2.05, 4.69) is 10.4 Å². The topological polar surface area (TPSA) is 103 Å². The molecule has 2 amide bonds. The Balaban J connectivity index is 1.38. The molecule has 0 unspecified atom stereocenters. The summed E-state index contributed by atoms with van der Waals surface area (Å²) in [6.07, 6.45) is 2.50. The van der Waals surface area contributed by atoms with E-state index in [-0.39, 0.29) is 23.6 Å². The van der Waals surface area contributed by atoms with Gasteiger partial charge in [0.1, 0.15) is 11.3 Å². The molecule has 0 atom stereocenters. The average Bonchev–Trinajstić information content (AvgIpc) is 3.35. The maximum atomic E-state index is 12.9. The van der Waals surface area contributed by atoms with Crippen molar-refractivity contribution in [2.45, 2.75) is 25.8 Å². The number of nitrogens with one attached hydrogen (secondary N) is 1. The highest BCUT2D eigenvalue weighted by Gasteiger charge is 2.25. The molecule has 1 aliphatic heterocycles. The van der Waals surface area contributed by atoms with Crippen molar-refractivity contribution in [2.24, 2.45) is 0 Å². The third-order valence-corrected chi connectivity index (χ3v) is 5.72. The SMILES string of the molecule is CCOC(=O)N1CCC(NC(=O)COC(=O)c2cn(-c3ccccc3)nc2-c2ccccc2)CC1. The molecule has 1 aromatic heterocycles. The number of aromatic nitrogens is 2. The fourth-order valence-electron chi connectivity index (χ4n) is 3.94. The number of carbonyl (C=O) groups excluding carboxylic acids is 3. The number of benzene rings is 2. The molecular weight excluding hydrogens is 448 g/mol. The summed E-state index contributed by atoms with van der Waals surface area (Å²) in [5.74, 6) is -1.01. The van der Waals surface area contributed by atoms with Crippen molar-refractivity contribution in [1.29, 1.82) is 0 Å². The van der Waals surface area contributed by atoms with Gasteiger partial charge in [0.15, 0.2) is 6.61 Å². The molecule has 9 nitrogen and oxygen atoms in total. The Bertz CT molecular complexity index is 1150. The molecule has 35 heavy (non-hydrogen) atoms. The number of carbonyl (C=O) groups is 3. The smallest absolute Gasteiger partial charge is 0.409 e. The second kappa shape index (κ2) is 11.3. The Kier molecular flexibility index (Phi) is 7.77. The number of hydrogen-bond acceptors (Lipinski definition) is 6. The van der Waals surface area contributed by atoms with Gasteiger partial charge in [-0.1, -0.05) is 48.5 Å². The first-order valence-electron chi connectivity index (χ1n) is 11.6. The Morgan fingerprint density at radius 3 is 2.29 bits per heavy atom. The van der Waals surface area contributed by atoms with Crippen LogP contribution in [-0.2, 0) is 14.3 Å². The highest BCUT2D eigenvalue weighted by atomic mass is 16.6. The van der Waals surface area contributed by atoms with Crippen LogP contribution in [0.3, 0.4) is 0 Å². The lowest BCUT2D eigenvalue weighted by molar-refractivity contribution is -0.125. The summed E-state index contributed by atoms with van der Waals surface area (Å²) in [6, 6.07) is 18.7. The molecule has 0 bridgehead atoms. The zero-order chi connectivity index (χ0) is 24.6. The number of rotatable bonds is 7. The number of amides is 2. The maximum Gasteiger partial charge on any atom is 0.409 e. The molecule has 9 heteroatoms. The zero-order valence-corrected chi connectivity index (χ0v) is 19.6. The number of piperidine rings is 1. The van der Waals surface area contributed by atoms with Crippen LogP contribution in [0.25, 0.3) is 16.9 Å². The van der Waals surface area contributed by atoms with Crippen molar-refractivity contribution >= 4 is 18.0 Å². The van der Waals surface area contributed by atoms with Gasteiger partial charge in [0.25, 0.3) is 5.91 Å². The first-order chi connectivity index (χ1) is 17.0. The van der Waals surface area contributed by atoms with Crippen LogP contribution in [0.1, 0.15) is 30.1 Å². The third-order valence-electron chi connectivity index (χ3n) is 5.72. The number of para-hydroxylation sites is 1. The zero-order valence-electron chi connectivity index (χ0n) is 19.6. The second-order valence-corrected chi connectivity index (χ2v) is 8.14. The normalized spacial score (nSPS) is 13.8. The highest BCUT2D eigenvalue weighted by Crippen LogP contribution is 2.24. The van der Waals surface area contributed by atoms with Crippen molar-refractivity contribution < 1.29 is 23.9 Å². The molecule has 0 aliphatic carbocycles. The fraction of sp³-hybridized carbons (Fsp3) is 0.308. The van der Waals surface area contributed by atoms with E-state index in [1.165, 1.54) is 0 Å². The van der Waals surface area contributed by atoms with Gasteiger partial charge in [-0.3, -0.25) is 4.79 Å². The Morgan fingerprint density at radius 1 is 0.971 bits per heavy atom. The summed E-state index contributed by atoms with van der Waals surface area (Å²) in [5, 5.41) is 7.48. The molecule has 182 valence electrons. The van der Waals surface area contributed by atoms with Crippen LogP contribution >= 0.6 is 0 Å². The lowest BCUT2D eigenvalue weighted by Gasteiger charge is -2.31. The van der Waals surface area contributed by atoms with Crippen LogP contribution in [0, 0.1) is 0 Å². The third kappa shape index (κ3) is 6.06. The molecule has 0 radical (unpaired) electrons. The summed E-state index contributed by atoms with van der Waals surface area (Å²) in [5.41, 5.74) is 2.32. The Morgan fingerprint density at radius 2 is 1.63 bits per heavy atom. The van der Waals surface area contributed by atoms with Gasteiger partial charge in [-0.2, -0.15) is 5.10 Å². The lowest BCUT2D eigenvalue weighted by atomic mass is 10.1. The standard InChI is InChI=1S/C26H28N4O5/c1-2-34-26(33)29-15-13-20(14-16-29)27-23(31)18-35-25(32)22-17-30(21-11-7-4-8-12-21)28-24(22)19-9-5-3-6-10-19/h3-12,17,20H,2,13-16,18H2,1H3,(H,27,31).